The Bertz CT molecular complexity index is 3420. The normalized spacial score (nSPS) is 13.2. The summed E-state index contributed by atoms with van der Waals surface area (Å²) in [6.45, 7) is 4.71. The van der Waals surface area contributed by atoms with Gasteiger partial charge in [-0.15, -0.1) is 0 Å². The zero-order valence-electron chi connectivity index (χ0n) is 31.5. The Labute approximate surface area is 329 Å². The van der Waals surface area contributed by atoms with Crippen molar-refractivity contribution < 1.29 is 4.42 Å². The van der Waals surface area contributed by atoms with Crippen LogP contribution in [-0.4, -0.2) is 14.5 Å². The molecule has 0 amide bonds. The van der Waals surface area contributed by atoms with E-state index in [1.54, 1.807) is 0 Å². The molecule has 0 radical (unpaired) electrons. The molecule has 4 nitrogen and oxygen atoms in total. The highest BCUT2D eigenvalue weighted by atomic mass is 16.3. The highest BCUT2D eigenvalue weighted by molar-refractivity contribution is 6.24. The Morgan fingerprint density at radius 1 is 0.474 bits per heavy atom. The van der Waals surface area contributed by atoms with Crippen LogP contribution in [0.4, 0.5) is 0 Å². The molecule has 0 aliphatic heterocycles. The third kappa shape index (κ3) is 4.62. The Morgan fingerprint density at radius 2 is 1.14 bits per heavy atom. The number of furan rings is 1. The quantitative estimate of drug-likeness (QED) is 0.181. The van der Waals surface area contributed by atoms with Gasteiger partial charge in [0.25, 0.3) is 0 Å². The summed E-state index contributed by atoms with van der Waals surface area (Å²) in [7, 11) is 0. The molecular formula is C53H35N3O. The van der Waals surface area contributed by atoms with Gasteiger partial charge in [0.15, 0.2) is 0 Å². The van der Waals surface area contributed by atoms with Crippen molar-refractivity contribution in [3.8, 4) is 50.6 Å². The smallest absolute Gasteiger partial charge is 0.235 e. The number of aromatic nitrogens is 3. The summed E-state index contributed by atoms with van der Waals surface area (Å²) in [5.74, 6) is 0.622. The summed E-state index contributed by atoms with van der Waals surface area (Å²) in [5, 5.41) is 5.37. The number of hydrogen-bond acceptors (Lipinski definition) is 3. The molecule has 8 aromatic carbocycles. The van der Waals surface area contributed by atoms with Gasteiger partial charge in [-0.1, -0.05) is 153 Å². The van der Waals surface area contributed by atoms with E-state index in [0.29, 0.717) is 5.95 Å². The van der Waals surface area contributed by atoms with Gasteiger partial charge in [-0.25, -0.2) is 9.97 Å². The van der Waals surface area contributed by atoms with Crippen LogP contribution in [0.25, 0.3) is 105 Å². The lowest BCUT2D eigenvalue weighted by Gasteiger charge is -2.24. The molecule has 0 saturated heterocycles. The number of benzene rings is 8. The minimum absolute atomic E-state index is 0.147. The predicted octanol–water partition coefficient (Wildman–Crippen LogP) is 13.9. The van der Waals surface area contributed by atoms with Gasteiger partial charge in [0.2, 0.25) is 5.95 Å². The number of hydrogen-bond donors (Lipinski definition) is 0. The summed E-state index contributed by atoms with van der Waals surface area (Å²) in [5.41, 5.74) is 16.6. The maximum atomic E-state index is 6.77. The third-order valence-corrected chi connectivity index (χ3v) is 12.2. The third-order valence-electron chi connectivity index (χ3n) is 12.2. The summed E-state index contributed by atoms with van der Waals surface area (Å²) in [6.07, 6.45) is 0. The number of rotatable bonds is 4. The fourth-order valence-corrected chi connectivity index (χ4v) is 9.59. The zero-order chi connectivity index (χ0) is 37.8. The van der Waals surface area contributed by atoms with Gasteiger partial charge in [0.05, 0.1) is 27.6 Å². The molecule has 11 aromatic rings. The van der Waals surface area contributed by atoms with Crippen LogP contribution in [-0.2, 0) is 5.41 Å². The molecule has 0 saturated carbocycles. The summed E-state index contributed by atoms with van der Waals surface area (Å²) < 4.78 is 9.00. The molecule has 1 aliphatic carbocycles. The van der Waals surface area contributed by atoms with Gasteiger partial charge >= 0.3 is 0 Å². The first-order valence-corrected chi connectivity index (χ1v) is 19.6. The van der Waals surface area contributed by atoms with Crippen molar-refractivity contribution in [3.63, 3.8) is 0 Å². The Kier molecular flexibility index (Phi) is 6.65. The van der Waals surface area contributed by atoms with Crippen LogP contribution in [0.1, 0.15) is 25.0 Å². The van der Waals surface area contributed by atoms with Gasteiger partial charge in [0.1, 0.15) is 11.2 Å². The van der Waals surface area contributed by atoms with Gasteiger partial charge in [0, 0.05) is 32.5 Å². The van der Waals surface area contributed by atoms with E-state index >= 15 is 0 Å². The highest BCUT2D eigenvalue weighted by Crippen LogP contribution is 2.52. The van der Waals surface area contributed by atoms with E-state index in [4.69, 9.17) is 14.4 Å². The van der Waals surface area contributed by atoms with Gasteiger partial charge < -0.3 is 4.42 Å². The van der Waals surface area contributed by atoms with Gasteiger partial charge in [-0.05, 0) is 80.9 Å². The van der Waals surface area contributed by atoms with Crippen molar-refractivity contribution in [2.45, 2.75) is 19.3 Å². The van der Waals surface area contributed by atoms with E-state index < -0.39 is 0 Å². The number of fused-ring (bicyclic) bond motifs is 11. The number of nitrogens with zero attached hydrogens (tertiary/aromatic N) is 3. The van der Waals surface area contributed by atoms with Crippen molar-refractivity contribution in [3.05, 3.63) is 187 Å². The largest absolute Gasteiger partial charge is 0.455 e. The van der Waals surface area contributed by atoms with Crippen LogP contribution in [0.2, 0.25) is 0 Å². The number of para-hydroxylation sites is 2. The van der Waals surface area contributed by atoms with Crippen LogP contribution in [0.3, 0.4) is 0 Å². The van der Waals surface area contributed by atoms with E-state index in [-0.39, 0.29) is 5.41 Å². The molecule has 57 heavy (non-hydrogen) atoms. The Balaban J connectivity index is 1.12. The first-order valence-electron chi connectivity index (χ1n) is 19.6. The Morgan fingerprint density at radius 3 is 2.02 bits per heavy atom. The van der Waals surface area contributed by atoms with Crippen LogP contribution < -0.4 is 0 Å². The lowest BCUT2D eigenvalue weighted by molar-refractivity contribution is 0.662. The lowest BCUT2D eigenvalue weighted by atomic mass is 9.79. The molecule has 0 N–H and O–H groups in total. The molecule has 268 valence electrons. The average molecular weight is 730 g/mol. The second kappa shape index (κ2) is 11.8. The lowest BCUT2D eigenvalue weighted by Crippen LogP contribution is -2.16. The molecule has 0 bridgehead atoms. The molecule has 3 heterocycles. The molecule has 0 unspecified atom stereocenters. The average Bonchev–Trinajstić information content (AvgIpc) is 3.89. The second-order valence-corrected chi connectivity index (χ2v) is 15.7. The molecule has 0 fully saturated rings. The molecule has 0 spiro atoms. The maximum absolute atomic E-state index is 6.77. The van der Waals surface area contributed by atoms with E-state index in [9.17, 15) is 0 Å². The summed E-state index contributed by atoms with van der Waals surface area (Å²) >= 11 is 0. The van der Waals surface area contributed by atoms with E-state index in [2.05, 4.69) is 188 Å². The van der Waals surface area contributed by atoms with Crippen molar-refractivity contribution >= 4 is 54.6 Å². The molecule has 4 heteroatoms. The minimum Gasteiger partial charge on any atom is -0.455 e. The molecule has 0 atom stereocenters. The van der Waals surface area contributed by atoms with Gasteiger partial charge in [-0.2, -0.15) is 0 Å². The first kappa shape index (κ1) is 32.0. The van der Waals surface area contributed by atoms with Crippen LogP contribution in [0.5, 0.6) is 0 Å². The predicted molar refractivity (Wildman–Crippen MR) is 235 cm³/mol. The summed E-state index contributed by atoms with van der Waals surface area (Å²) in [4.78, 5) is 10.7. The standard InChI is InChI=1S/C53H35N3O/c1-53(2)43-20-9-6-15-37(43)39-19-12-18-36(49(39)53)35-27-29-45-42(31-35)48-46(30-28-40-38-16-8-11-22-47(38)57-51(40)48)56(45)52-54-44-21-10-7-17-41(44)50(55-52)34-25-23-33(24-26-34)32-13-4-3-5-14-32/h3-31H,1-2H3. The van der Waals surface area contributed by atoms with E-state index in [1.807, 2.05) is 6.07 Å². The van der Waals surface area contributed by atoms with Crippen molar-refractivity contribution in [1.82, 2.24) is 14.5 Å². The monoisotopic (exact) mass is 729 g/mol. The highest BCUT2D eigenvalue weighted by Gasteiger charge is 2.37. The maximum Gasteiger partial charge on any atom is 0.235 e. The second-order valence-electron chi connectivity index (χ2n) is 15.7. The molecule has 3 aromatic heterocycles. The topological polar surface area (TPSA) is 43.9 Å². The SMILES string of the molecule is CC1(C)c2ccccc2-c2cccc(-c3ccc4c(c3)c3c5oc6ccccc6c5ccc3n4-c3nc(-c4ccc(-c5ccccc5)cc4)c4ccccc4n3)c21. The van der Waals surface area contributed by atoms with Crippen LogP contribution in [0.15, 0.2) is 180 Å². The van der Waals surface area contributed by atoms with Gasteiger partial charge in [-0.3, -0.25) is 4.57 Å². The fraction of sp³-hybridized carbons (Fsp3) is 0.0566. The summed E-state index contributed by atoms with van der Waals surface area (Å²) in [6, 6.07) is 62.7. The van der Waals surface area contributed by atoms with E-state index in [0.717, 1.165) is 65.9 Å². The molecule has 12 rings (SSSR count). The van der Waals surface area contributed by atoms with Crippen LogP contribution >= 0.6 is 0 Å². The molecular weight excluding hydrogens is 695 g/mol. The minimum atomic E-state index is -0.147. The Hall–Kier alpha value is -7.30. The first-order chi connectivity index (χ1) is 28.0. The van der Waals surface area contributed by atoms with Crippen LogP contribution in [0, 0.1) is 0 Å². The zero-order valence-corrected chi connectivity index (χ0v) is 31.5. The van der Waals surface area contributed by atoms with Crippen molar-refractivity contribution in [2.24, 2.45) is 0 Å². The fourth-order valence-electron chi connectivity index (χ4n) is 9.59. The van der Waals surface area contributed by atoms with Crippen molar-refractivity contribution in [1.29, 1.82) is 0 Å². The van der Waals surface area contributed by atoms with Crippen molar-refractivity contribution in [2.75, 3.05) is 0 Å². The molecule has 1 aliphatic rings. The van der Waals surface area contributed by atoms with E-state index in [1.165, 1.54) is 44.5 Å².